The number of hydrogen-bond acceptors (Lipinski definition) is 1. The molecule has 0 spiro atoms. The van der Waals surface area contributed by atoms with Crippen molar-refractivity contribution in [2.45, 2.75) is 32.1 Å². The maximum Gasteiger partial charge on any atom is 0.264 e. The smallest absolute Gasteiger partial charge is 0.264 e. The van der Waals surface area contributed by atoms with Crippen LogP contribution in [0.4, 0.5) is 8.78 Å². The molecule has 1 aromatic rings. The zero-order chi connectivity index (χ0) is 12.0. The molecule has 0 bridgehead atoms. The summed E-state index contributed by atoms with van der Waals surface area (Å²) in [5.41, 5.74) is 2.57. The van der Waals surface area contributed by atoms with Crippen LogP contribution in [0.3, 0.4) is 0 Å². The molecular weight excluding hydrogens is 220 g/mol. The zero-order valence-electron chi connectivity index (χ0n) is 9.97. The first-order valence-electron chi connectivity index (χ1n) is 6.22. The fraction of sp³-hybridized carbons (Fsp3) is 0.571. The van der Waals surface area contributed by atoms with Gasteiger partial charge in [0.1, 0.15) is 0 Å². The van der Waals surface area contributed by atoms with Gasteiger partial charge in [-0.2, -0.15) is 0 Å². The summed E-state index contributed by atoms with van der Waals surface area (Å²) in [6, 6.07) is 5.40. The van der Waals surface area contributed by atoms with Crippen molar-refractivity contribution < 1.29 is 8.78 Å². The molecule has 0 saturated carbocycles. The van der Waals surface area contributed by atoms with Gasteiger partial charge in [0.05, 0.1) is 0 Å². The minimum Gasteiger partial charge on any atom is -0.316 e. The number of alkyl halides is 2. The van der Waals surface area contributed by atoms with E-state index in [1.54, 1.807) is 12.1 Å². The summed E-state index contributed by atoms with van der Waals surface area (Å²) in [5.74, 6) is 0.407. The summed E-state index contributed by atoms with van der Waals surface area (Å²) >= 11 is 0. The van der Waals surface area contributed by atoms with Gasteiger partial charge in [-0.3, -0.25) is 0 Å². The average Bonchev–Trinajstić information content (AvgIpc) is 2.70. The van der Waals surface area contributed by atoms with Crippen LogP contribution in [0.1, 0.15) is 42.4 Å². The molecule has 0 amide bonds. The lowest BCUT2D eigenvalue weighted by Crippen LogP contribution is -2.30. The van der Waals surface area contributed by atoms with Crippen molar-refractivity contribution in [2.24, 2.45) is 5.41 Å². The van der Waals surface area contributed by atoms with Crippen LogP contribution in [-0.4, -0.2) is 13.1 Å². The summed E-state index contributed by atoms with van der Waals surface area (Å²) in [7, 11) is 0. The molecule has 1 aromatic carbocycles. The van der Waals surface area contributed by atoms with Gasteiger partial charge in [-0.15, -0.1) is 0 Å². The van der Waals surface area contributed by atoms with E-state index in [9.17, 15) is 8.78 Å². The third-order valence-corrected chi connectivity index (χ3v) is 4.52. The quantitative estimate of drug-likeness (QED) is 0.790. The molecule has 92 valence electrons. The Labute approximate surface area is 100 Å². The number of rotatable bonds is 1. The number of benzene rings is 1. The van der Waals surface area contributed by atoms with Gasteiger partial charge in [-0.05, 0) is 29.4 Å². The van der Waals surface area contributed by atoms with Crippen LogP contribution in [0.2, 0.25) is 0 Å². The summed E-state index contributed by atoms with van der Waals surface area (Å²) in [4.78, 5) is 0. The summed E-state index contributed by atoms with van der Waals surface area (Å²) in [6.45, 7) is 4.21. The first-order valence-corrected chi connectivity index (χ1v) is 6.22. The second-order valence-corrected chi connectivity index (χ2v) is 5.55. The van der Waals surface area contributed by atoms with Crippen molar-refractivity contribution >= 4 is 0 Å². The van der Waals surface area contributed by atoms with Crippen LogP contribution in [-0.2, 0) is 6.42 Å². The average molecular weight is 237 g/mol. The summed E-state index contributed by atoms with van der Waals surface area (Å²) < 4.78 is 26.0. The molecule has 1 unspecified atom stereocenters. The van der Waals surface area contributed by atoms with Gasteiger partial charge < -0.3 is 5.32 Å². The molecule has 1 fully saturated rings. The van der Waals surface area contributed by atoms with Gasteiger partial charge in [-0.25, -0.2) is 8.78 Å². The van der Waals surface area contributed by atoms with Gasteiger partial charge in [-0.1, -0.05) is 25.1 Å². The molecule has 0 aromatic heterocycles. The lowest BCUT2D eigenvalue weighted by molar-refractivity contribution is 0.148. The Bertz CT molecular complexity index is 444. The number of halogens is 2. The maximum absolute atomic E-state index is 13.0. The third kappa shape index (κ3) is 1.60. The van der Waals surface area contributed by atoms with E-state index in [0.29, 0.717) is 5.92 Å². The van der Waals surface area contributed by atoms with E-state index in [2.05, 4.69) is 12.2 Å². The van der Waals surface area contributed by atoms with E-state index in [1.807, 2.05) is 6.07 Å². The molecule has 1 aliphatic carbocycles. The van der Waals surface area contributed by atoms with Crippen LogP contribution >= 0.6 is 0 Å². The fourth-order valence-electron chi connectivity index (χ4n) is 3.47. The highest BCUT2D eigenvalue weighted by Crippen LogP contribution is 2.48. The van der Waals surface area contributed by atoms with Crippen LogP contribution in [0.25, 0.3) is 0 Å². The Morgan fingerprint density at radius 2 is 2.24 bits per heavy atom. The molecule has 1 N–H and O–H groups in total. The van der Waals surface area contributed by atoms with E-state index in [-0.39, 0.29) is 11.0 Å². The Morgan fingerprint density at radius 3 is 3.00 bits per heavy atom. The molecule has 2 aliphatic rings. The summed E-state index contributed by atoms with van der Waals surface area (Å²) in [5, 5.41) is 3.41. The van der Waals surface area contributed by atoms with Gasteiger partial charge >= 0.3 is 0 Å². The Kier molecular flexibility index (Phi) is 2.47. The van der Waals surface area contributed by atoms with E-state index in [0.717, 1.165) is 37.1 Å². The van der Waals surface area contributed by atoms with Crippen molar-refractivity contribution in [2.75, 3.05) is 13.1 Å². The molecule has 2 atom stereocenters. The van der Waals surface area contributed by atoms with E-state index < -0.39 is 6.43 Å². The van der Waals surface area contributed by atoms with Crippen molar-refractivity contribution in [1.82, 2.24) is 5.32 Å². The van der Waals surface area contributed by atoms with Gasteiger partial charge in [0.15, 0.2) is 0 Å². The van der Waals surface area contributed by atoms with Crippen LogP contribution in [0.5, 0.6) is 0 Å². The van der Waals surface area contributed by atoms with Crippen LogP contribution < -0.4 is 5.32 Å². The SMILES string of the molecule is CC12CCc3c(C(F)F)cccc3[C@H]1CNC2. The van der Waals surface area contributed by atoms with E-state index in [1.165, 1.54) is 0 Å². The van der Waals surface area contributed by atoms with Crippen molar-refractivity contribution in [3.05, 3.63) is 34.9 Å². The molecular formula is C14H17F2N. The highest BCUT2D eigenvalue weighted by molar-refractivity contribution is 5.42. The lowest BCUT2D eigenvalue weighted by Gasteiger charge is -2.37. The Balaban J connectivity index is 2.10. The first kappa shape index (κ1) is 11.1. The van der Waals surface area contributed by atoms with Crippen molar-refractivity contribution in [1.29, 1.82) is 0 Å². The lowest BCUT2D eigenvalue weighted by atomic mass is 9.66. The van der Waals surface area contributed by atoms with E-state index >= 15 is 0 Å². The maximum atomic E-state index is 13.0. The second kappa shape index (κ2) is 3.77. The van der Waals surface area contributed by atoms with Crippen LogP contribution in [0.15, 0.2) is 18.2 Å². The van der Waals surface area contributed by atoms with Crippen molar-refractivity contribution in [3.8, 4) is 0 Å². The molecule has 1 heterocycles. The molecule has 17 heavy (non-hydrogen) atoms. The summed E-state index contributed by atoms with van der Waals surface area (Å²) in [6.07, 6.45) is -0.532. The van der Waals surface area contributed by atoms with Gasteiger partial charge in [0.25, 0.3) is 6.43 Å². The molecule has 1 nitrogen and oxygen atoms in total. The van der Waals surface area contributed by atoms with Gasteiger partial charge in [0, 0.05) is 24.6 Å². The van der Waals surface area contributed by atoms with E-state index in [4.69, 9.17) is 0 Å². The third-order valence-electron chi connectivity index (χ3n) is 4.52. The van der Waals surface area contributed by atoms with Gasteiger partial charge in [0.2, 0.25) is 0 Å². The molecule has 1 aliphatic heterocycles. The molecule has 3 heteroatoms. The first-order chi connectivity index (χ1) is 8.12. The monoisotopic (exact) mass is 237 g/mol. The molecule has 3 rings (SSSR count). The predicted octanol–water partition coefficient (Wildman–Crippen LogP) is 3.26. The number of fused-ring (bicyclic) bond motifs is 3. The second-order valence-electron chi connectivity index (χ2n) is 5.55. The topological polar surface area (TPSA) is 12.0 Å². The number of nitrogens with one attached hydrogen (secondary N) is 1. The van der Waals surface area contributed by atoms with Crippen molar-refractivity contribution in [3.63, 3.8) is 0 Å². The minimum atomic E-state index is -2.34. The molecule has 1 saturated heterocycles. The Hall–Kier alpha value is -0.960. The fourth-order valence-corrected chi connectivity index (χ4v) is 3.47. The normalized spacial score (nSPS) is 31.4. The highest BCUT2D eigenvalue weighted by atomic mass is 19.3. The standard InChI is InChI=1S/C14H17F2N/c1-14-6-5-9-10(12(14)7-17-8-14)3-2-4-11(9)13(15)16/h2-4,12-13,17H,5-8H2,1H3/t12-,14?/m1/s1. The largest absolute Gasteiger partial charge is 0.316 e. The zero-order valence-corrected chi connectivity index (χ0v) is 9.97. The number of hydrogen-bond donors (Lipinski definition) is 1. The minimum absolute atomic E-state index is 0.247. The van der Waals surface area contributed by atoms with Crippen LogP contribution in [0, 0.1) is 5.41 Å². The highest BCUT2D eigenvalue weighted by Gasteiger charge is 2.43. The predicted molar refractivity (Wildman–Crippen MR) is 63.4 cm³/mol. The molecule has 0 radical (unpaired) electrons. The Morgan fingerprint density at radius 1 is 1.41 bits per heavy atom.